The van der Waals surface area contributed by atoms with Crippen LogP contribution in [-0.2, 0) is 14.8 Å². The van der Waals surface area contributed by atoms with E-state index in [1.54, 1.807) is 12.1 Å². The molecule has 7 nitrogen and oxygen atoms in total. The Kier molecular flexibility index (Phi) is 5.66. The van der Waals surface area contributed by atoms with E-state index < -0.39 is 21.8 Å². The molecule has 0 atom stereocenters. The number of benzene rings is 2. The summed E-state index contributed by atoms with van der Waals surface area (Å²) in [5.74, 6) is -1.07. The summed E-state index contributed by atoms with van der Waals surface area (Å²) < 4.78 is 25.4. The molecule has 0 aliphatic rings. The van der Waals surface area contributed by atoms with Crippen LogP contribution in [0.25, 0.3) is 0 Å². The molecule has 2 rings (SSSR count). The van der Waals surface area contributed by atoms with Crippen molar-refractivity contribution in [1.82, 2.24) is 0 Å². The van der Waals surface area contributed by atoms with Crippen LogP contribution in [0.4, 0.5) is 11.4 Å². The van der Waals surface area contributed by atoms with Crippen molar-refractivity contribution in [2.45, 2.75) is 13.8 Å². The molecule has 2 aromatic rings. The van der Waals surface area contributed by atoms with Gasteiger partial charge < -0.3 is 11.1 Å². The van der Waals surface area contributed by atoms with Crippen LogP contribution in [0.3, 0.4) is 0 Å². The van der Waals surface area contributed by atoms with Crippen LogP contribution in [0.15, 0.2) is 42.5 Å². The van der Waals surface area contributed by atoms with E-state index in [4.69, 9.17) is 5.73 Å². The molecule has 0 saturated heterocycles. The third-order valence-electron chi connectivity index (χ3n) is 3.64. The summed E-state index contributed by atoms with van der Waals surface area (Å²) in [7, 11) is -3.65. The van der Waals surface area contributed by atoms with Crippen LogP contribution in [0.5, 0.6) is 0 Å². The largest absolute Gasteiger partial charge is 0.366 e. The van der Waals surface area contributed by atoms with Crippen LogP contribution < -0.4 is 15.4 Å². The van der Waals surface area contributed by atoms with Crippen molar-refractivity contribution >= 4 is 33.2 Å². The van der Waals surface area contributed by atoms with Gasteiger partial charge in [-0.3, -0.25) is 13.9 Å². The number of sulfonamides is 1. The maximum atomic E-state index is 12.3. The summed E-state index contributed by atoms with van der Waals surface area (Å²) in [5.41, 5.74) is 8.16. The van der Waals surface area contributed by atoms with Crippen LogP contribution in [0.2, 0.25) is 0 Å². The lowest BCUT2D eigenvalue weighted by Gasteiger charge is -2.22. The number of primary amides is 1. The minimum absolute atomic E-state index is 0.316. The van der Waals surface area contributed by atoms with Gasteiger partial charge in [0.1, 0.15) is 6.54 Å². The summed E-state index contributed by atoms with van der Waals surface area (Å²) >= 11 is 0. The molecule has 0 bridgehead atoms. The minimum atomic E-state index is -3.65. The molecule has 0 fully saturated rings. The minimum Gasteiger partial charge on any atom is -0.366 e. The predicted octanol–water partition coefficient (Wildman–Crippen LogP) is 1.81. The van der Waals surface area contributed by atoms with Gasteiger partial charge in [-0.15, -0.1) is 0 Å². The van der Waals surface area contributed by atoms with Gasteiger partial charge in [0.15, 0.2) is 0 Å². The highest BCUT2D eigenvalue weighted by Gasteiger charge is 2.21. The van der Waals surface area contributed by atoms with Gasteiger partial charge in [-0.2, -0.15) is 0 Å². The van der Waals surface area contributed by atoms with Crippen molar-refractivity contribution in [3.8, 4) is 0 Å². The van der Waals surface area contributed by atoms with Gasteiger partial charge in [0.25, 0.3) is 0 Å². The van der Waals surface area contributed by atoms with Crippen molar-refractivity contribution in [3.63, 3.8) is 0 Å². The second-order valence-electron chi connectivity index (χ2n) is 6.11. The average molecular weight is 375 g/mol. The Morgan fingerprint density at radius 2 is 1.58 bits per heavy atom. The Balaban J connectivity index is 2.20. The number of nitrogens with one attached hydrogen (secondary N) is 1. The van der Waals surface area contributed by atoms with E-state index in [0.29, 0.717) is 16.9 Å². The molecule has 0 spiro atoms. The molecule has 8 heteroatoms. The van der Waals surface area contributed by atoms with Gasteiger partial charge in [0.2, 0.25) is 21.8 Å². The highest BCUT2D eigenvalue weighted by atomic mass is 32.2. The van der Waals surface area contributed by atoms with Crippen molar-refractivity contribution in [2.75, 3.05) is 22.4 Å². The zero-order chi connectivity index (χ0) is 19.5. The average Bonchev–Trinajstić information content (AvgIpc) is 2.51. The molecular formula is C18H21N3O4S. The maximum absolute atomic E-state index is 12.3. The Hall–Kier alpha value is -2.87. The zero-order valence-electron chi connectivity index (χ0n) is 14.8. The molecular weight excluding hydrogens is 354 g/mol. The number of anilines is 2. The molecule has 0 aliphatic heterocycles. The van der Waals surface area contributed by atoms with E-state index in [0.717, 1.165) is 21.7 Å². The Morgan fingerprint density at radius 1 is 1.04 bits per heavy atom. The maximum Gasteiger partial charge on any atom is 0.248 e. The highest BCUT2D eigenvalue weighted by molar-refractivity contribution is 7.92. The number of carbonyl (C=O) groups excluding carboxylic acids is 2. The summed E-state index contributed by atoms with van der Waals surface area (Å²) in [4.78, 5) is 23.4. The second kappa shape index (κ2) is 7.57. The summed E-state index contributed by atoms with van der Waals surface area (Å²) in [6.45, 7) is 3.36. The lowest BCUT2D eigenvalue weighted by atomic mass is 10.1. The molecule has 138 valence electrons. The molecule has 3 N–H and O–H groups in total. The van der Waals surface area contributed by atoms with Gasteiger partial charge in [-0.25, -0.2) is 8.42 Å². The lowest BCUT2D eigenvalue weighted by Crippen LogP contribution is -2.37. The molecule has 0 saturated carbocycles. The molecule has 26 heavy (non-hydrogen) atoms. The first-order valence-electron chi connectivity index (χ1n) is 7.82. The Labute approximate surface area is 152 Å². The zero-order valence-corrected chi connectivity index (χ0v) is 15.6. The van der Waals surface area contributed by atoms with E-state index >= 15 is 0 Å². The molecule has 0 aliphatic carbocycles. The third kappa shape index (κ3) is 5.06. The Morgan fingerprint density at radius 3 is 2.04 bits per heavy atom. The molecule has 0 aromatic heterocycles. The summed E-state index contributed by atoms with van der Waals surface area (Å²) in [6.07, 6.45) is 1.06. The number of carbonyl (C=O) groups is 2. The van der Waals surface area contributed by atoms with Gasteiger partial charge >= 0.3 is 0 Å². The van der Waals surface area contributed by atoms with Crippen LogP contribution in [-0.4, -0.2) is 33.0 Å². The molecule has 0 radical (unpaired) electrons. The molecule has 2 amide bonds. The Bertz CT molecular complexity index is 917. The molecule has 2 aromatic carbocycles. The quantitative estimate of drug-likeness (QED) is 0.802. The van der Waals surface area contributed by atoms with Crippen LogP contribution >= 0.6 is 0 Å². The first-order chi connectivity index (χ1) is 12.1. The third-order valence-corrected chi connectivity index (χ3v) is 4.78. The van der Waals surface area contributed by atoms with E-state index in [1.807, 2.05) is 19.9 Å². The van der Waals surface area contributed by atoms with E-state index in [1.165, 1.54) is 24.3 Å². The first kappa shape index (κ1) is 19.5. The summed E-state index contributed by atoms with van der Waals surface area (Å²) in [6, 6.07) is 11.4. The number of rotatable bonds is 6. The lowest BCUT2D eigenvalue weighted by molar-refractivity contribution is -0.114. The number of amides is 2. The number of nitrogens with zero attached hydrogens (tertiary/aromatic N) is 1. The molecule has 0 unspecified atom stereocenters. The van der Waals surface area contributed by atoms with Gasteiger partial charge in [0, 0.05) is 11.3 Å². The fraction of sp³-hybridized carbons (Fsp3) is 0.222. The smallest absolute Gasteiger partial charge is 0.248 e. The topological polar surface area (TPSA) is 110 Å². The van der Waals surface area contributed by atoms with Crippen LogP contribution in [0, 0.1) is 13.8 Å². The van der Waals surface area contributed by atoms with E-state index in [2.05, 4.69) is 5.32 Å². The fourth-order valence-corrected chi connectivity index (χ4v) is 3.38. The second-order valence-corrected chi connectivity index (χ2v) is 8.01. The first-order valence-corrected chi connectivity index (χ1v) is 9.67. The van der Waals surface area contributed by atoms with Gasteiger partial charge in [-0.1, -0.05) is 6.07 Å². The van der Waals surface area contributed by atoms with E-state index in [9.17, 15) is 18.0 Å². The monoisotopic (exact) mass is 375 g/mol. The standard InChI is InChI=1S/C18H21N3O4S/c1-12-8-13(2)10-16(9-12)21(26(3,24)25)11-17(22)20-15-6-4-14(5-7-15)18(19)23/h4-10H,11H2,1-3H3,(H2,19,23)(H,20,22). The number of hydrogen-bond acceptors (Lipinski definition) is 4. The predicted molar refractivity (Wildman–Crippen MR) is 102 cm³/mol. The van der Waals surface area contributed by atoms with Crippen molar-refractivity contribution < 1.29 is 18.0 Å². The fourth-order valence-electron chi connectivity index (χ4n) is 2.54. The number of nitrogens with two attached hydrogens (primary N) is 1. The van der Waals surface area contributed by atoms with E-state index in [-0.39, 0.29) is 6.54 Å². The molecule has 0 heterocycles. The van der Waals surface area contributed by atoms with Gasteiger partial charge in [-0.05, 0) is 61.4 Å². The highest BCUT2D eigenvalue weighted by Crippen LogP contribution is 2.21. The van der Waals surface area contributed by atoms with Crippen LogP contribution in [0.1, 0.15) is 21.5 Å². The van der Waals surface area contributed by atoms with Crippen molar-refractivity contribution in [2.24, 2.45) is 5.73 Å². The number of hydrogen-bond donors (Lipinski definition) is 2. The van der Waals surface area contributed by atoms with Gasteiger partial charge in [0.05, 0.1) is 11.9 Å². The normalized spacial score (nSPS) is 11.0. The van der Waals surface area contributed by atoms with Crippen molar-refractivity contribution in [3.05, 3.63) is 59.2 Å². The SMILES string of the molecule is Cc1cc(C)cc(N(CC(=O)Nc2ccc(C(N)=O)cc2)S(C)(=O)=O)c1. The number of aryl methyl sites for hydroxylation is 2. The van der Waals surface area contributed by atoms with Crippen molar-refractivity contribution in [1.29, 1.82) is 0 Å². The summed E-state index contributed by atoms with van der Waals surface area (Å²) in [5, 5.41) is 2.61.